The Hall–Kier alpha value is 0.110. The molecule has 0 aliphatic carbocycles. The standard InChI is InChI=1S/C5H9ClO2S/c1-8-5(7)3-2-4-9-6/h2-4H2,1H3. The van der Waals surface area contributed by atoms with Gasteiger partial charge in [-0.15, -0.1) is 0 Å². The van der Waals surface area contributed by atoms with Gasteiger partial charge in [-0.1, -0.05) is 11.0 Å². The number of methoxy groups -OCH3 is 1. The lowest BCUT2D eigenvalue weighted by atomic mass is 10.3. The molecule has 0 aliphatic rings. The molecule has 0 rings (SSSR count). The molecule has 0 aromatic carbocycles. The maximum Gasteiger partial charge on any atom is 0.305 e. The minimum absolute atomic E-state index is 0.166. The van der Waals surface area contributed by atoms with Gasteiger partial charge in [0.05, 0.1) is 7.11 Å². The van der Waals surface area contributed by atoms with E-state index in [1.165, 1.54) is 18.1 Å². The molecule has 9 heavy (non-hydrogen) atoms. The fourth-order valence-electron chi connectivity index (χ4n) is 0.373. The highest BCUT2D eigenvalue weighted by Gasteiger charge is 1.97. The van der Waals surface area contributed by atoms with Gasteiger partial charge >= 0.3 is 5.97 Å². The van der Waals surface area contributed by atoms with E-state index in [-0.39, 0.29) is 5.97 Å². The van der Waals surface area contributed by atoms with Crippen LogP contribution in [-0.4, -0.2) is 18.8 Å². The van der Waals surface area contributed by atoms with Gasteiger partial charge in [0.1, 0.15) is 0 Å². The molecule has 0 N–H and O–H groups in total. The Morgan fingerprint density at radius 3 is 2.89 bits per heavy atom. The molecule has 0 aromatic rings. The van der Waals surface area contributed by atoms with Crippen molar-refractivity contribution in [3.05, 3.63) is 0 Å². The van der Waals surface area contributed by atoms with E-state index in [0.717, 1.165) is 12.2 Å². The summed E-state index contributed by atoms with van der Waals surface area (Å²) in [4.78, 5) is 10.4. The van der Waals surface area contributed by atoms with E-state index < -0.39 is 0 Å². The number of ether oxygens (including phenoxy) is 1. The van der Waals surface area contributed by atoms with Crippen molar-refractivity contribution in [1.82, 2.24) is 0 Å². The fraction of sp³-hybridized carbons (Fsp3) is 0.800. The van der Waals surface area contributed by atoms with Crippen molar-refractivity contribution in [2.75, 3.05) is 12.9 Å². The molecule has 0 unspecified atom stereocenters. The van der Waals surface area contributed by atoms with Crippen LogP contribution >= 0.6 is 21.7 Å². The third kappa shape index (κ3) is 5.99. The van der Waals surface area contributed by atoms with Crippen LogP contribution in [0, 0.1) is 0 Å². The molecule has 0 fully saturated rings. The molecule has 4 heteroatoms. The second kappa shape index (κ2) is 6.23. The van der Waals surface area contributed by atoms with Crippen LogP contribution in [0.1, 0.15) is 12.8 Å². The van der Waals surface area contributed by atoms with E-state index in [1.54, 1.807) is 0 Å². The maximum atomic E-state index is 10.4. The Morgan fingerprint density at radius 2 is 2.44 bits per heavy atom. The molecule has 0 atom stereocenters. The lowest BCUT2D eigenvalue weighted by Crippen LogP contribution is -1.99. The molecule has 0 aliphatic heterocycles. The fourth-order valence-corrected chi connectivity index (χ4v) is 0.954. The minimum atomic E-state index is -0.166. The summed E-state index contributed by atoms with van der Waals surface area (Å²) in [5.41, 5.74) is 0. The molecule has 0 spiro atoms. The van der Waals surface area contributed by atoms with E-state index in [4.69, 9.17) is 10.7 Å². The minimum Gasteiger partial charge on any atom is -0.469 e. The first kappa shape index (κ1) is 9.11. The lowest BCUT2D eigenvalue weighted by Gasteiger charge is -1.94. The summed E-state index contributed by atoms with van der Waals surface area (Å²) < 4.78 is 4.41. The highest BCUT2D eigenvalue weighted by Crippen LogP contribution is 2.08. The Labute approximate surface area is 63.4 Å². The van der Waals surface area contributed by atoms with Crippen LogP contribution in [-0.2, 0) is 9.53 Å². The maximum absolute atomic E-state index is 10.4. The zero-order valence-electron chi connectivity index (χ0n) is 5.22. The number of rotatable bonds is 4. The van der Waals surface area contributed by atoms with Crippen molar-refractivity contribution < 1.29 is 9.53 Å². The van der Waals surface area contributed by atoms with Crippen molar-refractivity contribution in [3.63, 3.8) is 0 Å². The van der Waals surface area contributed by atoms with Crippen LogP contribution in [0.25, 0.3) is 0 Å². The Kier molecular flexibility index (Phi) is 6.31. The number of hydrogen-bond acceptors (Lipinski definition) is 3. The molecule has 54 valence electrons. The van der Waals surface area contributed by atoms with Crippen LogP contribution in [0.15, 0.2) is 0 Å². The molecule has 0 radical (unpaired) electrons. The van der Waals surface area contributed by atoms with Crippen LogP contribution in [0.3, 0.4) is 0 Å². The van der Waals surface area contributed by atoms with Crippen LogP contribution in [0.4, 0.5) is 0 Å². The van der Waals surface area contributed by atoms with Gasteiger partial charge in [-0.05, 0) is 17.1 Å². The van der Waals surface area contributed by atoms with E-state index in [9.17, 15) is 4.79 Å². The zero-order chi connectivity index (χ0) is 7.11. The molecular weight excluding hydrogens is 160 g/mol. The Bertz CT molecular complexity index is 87.0. The molecule has 0 heterocycles. The average Bonchev–Trinajstić information content (AvgIpc) is 1.89. The van der Waals surface area contributed by atoms with Gasteiger partial charge in [0, 0.05) is 12.2 Å². The highest BCUT2D eigenvalue weighted by atomic mass is 35.7. The second-order valence-electron chi connectivity index (χ2n) is 1.49. The quantitative estimate of drug-likeness (QED) is 0.473. The summed E-state index contributed by atoms with van der Waals surface area (Å²) in [6, 6.07) is 0. The SMILES string of the molecule is COC(=O)CCCSCl. The predicted octanol–water partition coefficient (Wildman–Crippen LogP) is 1.83. The van der Waals surface area contributed by atoms with Gasteiger partial charge in [0.2, 0.25) is 0 Å². The van der Waals surface area contributed by atoms with Gasteiger partial charge < -0.3 is 4.74 Å². The highest BCUT2D eigenvalue weighted by molar-refractivity contribution is 8.21. The molecule has 0 saturated carbocycles. The molecule has 0 amide bonds. The lowest BCUT2D eigenvalue weighted by molar-refractivity contribution is -0.140. The van der Waals surface area contributed by atoms with Gasteiger partial charge in [0.25, 0.3) is 0 Å². The smallest absolute Gasteiger partial charge is 0.305 e. The van der Waals surface area contributed by atoms with E-state index in [0.29, 0.717) is 6.42 Å². The van der Waals surface area contributed by atoms with Gasteiger partial charge in [-0.3, -0.25) is 4.79 Å². The number of esters is 1. The number of hydrogen-bond donors (Lipinski definition) is 0. The Balaban J connectivity index is 2.97. The summed E-state index contributed by atoms with van der Waals surface area (Å²) in [6.07, 6.45) is 1.26. The molecule has 0 aromatic heterocycles. The van der Waals surface area contributed by atoms with Crippen molar-refractivity contribution in [1.29, 1.82) is 0 Å². The number of halogens is 1. The van der Waals surface area contributed by atoms with Crippen molar-refractivity contribution >= 4 is 27.6 Å². The van der Waals surface area contributed by atoms with Gasteiger partial charge in [-0.25, -0.2) is 0 Å². The number of carbonyl (C=O) groups is 1. The normalized spacial score (nSPS) is 9.11. The topological polar surface area (TPSA) is 26.3 Å². The van der Waals surface area contributed by atoms with Crippen molar-refractivity contribution in [2.45, 2.75) is 12.8 Å². The predicted molar refractivity (Wildman–Crippen MR) is 39.6 cm³/mol. The van der Waals surface area contributed by atoms with Crippen molar-refractivity contribution in [2.24, 2.45) is 0 Å². The zero-order valence-corrected chi connectivity index (χ0v) is 6.80. The largest absolute Gasteiger partial charge is 0.469 e. The first-order valence-corrected chi connectivity index (χ1v) is 4.42. The van der Waals surface area contributed by atoms with E-state index in [2.05, 4.69) is 4.74 Å². The molecule has 2 nitrogen and oxygen atoms in total. The van der Waals surface area contributed by atoms with Crippen LogP contribution < -0.4 is 0 Å². The van der Waals surface area contributed by atoms with Gasteiger partial charge in [-0.2, -0.15) is 0 Å². The third-order valence-corrected chi connectivity index (χ3v) is 1.74. The van der Waals surface area contributed by atoms with Crippen LogP contribution in [0.2, 0.25) is 0 Å². The van der Waals surface area contributed by atoms with E-state index >= 15 is 0 Å². The summed E-state index contributed by atoms with van der Waals surface area (Å²) >= 11 is 0. The number of carbonyl (C=O) groups excluding carboxylic acids is 1. The van der Waals surface area contributed by atoms with Crippen LogP contribution in [0.5, 0.6) is 0 Å². The third-order valence-electron chi connectivity index (χ3n) is 0.830. The monoisotopic (exact) mass is 168 g/mol. The van der Waals surface area contributed by atoms with Gasteiger partial charge in [0.15, 0.2) is 0 Å². The summed E-state index contributed by atoms with van der Waals surface area (Å²) in [5, 5.41) is 0. The second-order valence-corrected chi connectivity index (χ2v) is 2.77. The van der Waals surface area contributed by atoms with Crippen molar-refractivity contribution in [3.8, 4) is 0 Å². The van der Waals surface area contributed by atoms with E-state index in [1.807, 2.05) is 0 Å². The average molecular weight is 169 g/mol. The Morgan fingerprint density at radius 1 is 1.78 bits per heavy atom. The summed E-state index contributed by atoms with van der Waals surface area (Å²) in [6.45, 7) is 0. The molecular formula is C5H9ClO2S. The summed E-state index contributed by atoms with van der Waals surface area (Å²) in [5.74, 6) is 0.636. The first-order chi connectivity index (χ1) is 4.31. The molecule has 0 bridgehead atoms. The first-order valence-electron chi connectivity index (χ1n) is 2.61. The summed E-state index contributed by atoms with van der Waals surface area (Å²) in [7, 11) is 7.90. The molecule has 0 saturated heterocycles.